The van der Waals surface area contributed by atoms with E-state index in [0.29, 0.717) is 10.7 Å². The van der Waals surface area contributed by atoms with Gasteiger partial charge in [-0.2, -0.15) is 0 Å². The summed E-state index contributed by atoms with van der Waals surface area (Å²) in [6.07, 6.45) is 0. The second kappa shape index (κ2) is 6.98. The summed E-state index contributed by atoms with van der Waals surface area (Å²) in [5.41, 5.74) is 4.69. The molecule has 6 heteroatoms. The third-order valence-corrected chi connectivity index (χ3v) is 5.70. The zero-order valence-corrected chi connectivity index (χ0v) is 16.3. The first-order chi connectivity index (χ1) is 11.9. The predicted molar refractivity (Wildman–Crippen MR) is 106 cm³/mol. The molecular weight excluding hydrogens is 352 g/mol. The highest BCUT2D eigenvalue weighted by atomic mass is 32.1. The Morgan fingerprint density at radius 1 is 1.24 bits per heavy atom. The van der Waals surface area contributed by atoms with E-state index in [-0.39, 0.29) is 12.0 Å². The van der Waals surface area contributed by atoms with Crippen LogP contribution in [0.15, 0.2) is 47.0 Å². The Morgan fingerprint density at radius 2 is 2.00 bits per heavy atom. The van der Waals surface area contributed by atoms with Crippen LogP contribution in [0.4, 0.5) is 5.69 Å². The van der Waals surface area contributed by atoms with Crippen molar-refractivity contribution >= 4 is 40.3 Å². The highest BCUT2D eigenvalue weighted by Crippen LogP contribution is 2.36. The van der Waals surface area contributed by atoms with Gasteiger partial charge in [0.2, 0.25) is 0 Å². The maximum atomic E-state index is 12.5. The lowest BCUT2D eigenvalue weighted by Crippen LogP contribution is -2.47. The fourth-order valence-electron chi connectivity index (χ4n) is 2.96. The number of ether oxygens (including phenoxy) is 1. The summed E-state index contributed by atoms with van der Waals surface area (Å²) in [5.74, 6) is -0.347. The van der Waals surface area contributed by atoms with Crippen molar-refractivity contribution in [2.75, 3.05) is 12.0 Å². The van der Waals surface area contributed by atoms with Crippen LogP contribution in [0.3, 0.4) is 0 Å². The minimum absolute atomic E-state index is 0.289. The summed E-state index contributed by atoms with van der Waals surface area (Å²) in [5, 5.41) is 5.87. The Labute approximate surface area is 157 Å². The van der Waals surface area contributed by atoms with E-state index >= 15 is 0 Å². The molecule has 0 saturated heterocycles. The van der Waals surface area contributed by atoms with Gasteiger partial charge in [0.25, 0.3) is 0 Å². The Balaban J connectivity index is 2.14. The highest BCUT2D eigenvalue weighted by molar-refractivity contribution is 7.80. The number of thiophene rings is 1. The normalized spacial score (nSPS) is 17.5. The van der Waals surface area contributed by atoms with Crippen molar-refractivity contribution in [2.24, 2.45) is 0 Å². The number of anilines is 1. The molecule has 0 unspecified atom stereocenters. The van der Waals surface area contributed by atoms with Crippen molar-refractivity contribution in [3.63, 3.8) is 0 Å². The van der Waals surface area contributed by atoms with E-state index in [4.69, 9.17) is 17.0 Å². The van der Waals surface area contributed by atoms with Crippen LogP contribution < -0.4 is 10.2 Å². The summed E-state index contributed by atoms with van der Waals surface area (Å²) in [6, 6.07) is 9.82. The SMILES string of the molecule is COC(=O)C1=C(C)N(c2ccc(C)c(C)c2)C(=S)N[C@H]1c1cccs1. The van der Waals surface area contributed by atoms with Crippen molar-refractivity contribution in [1.82, 2.24) is 5.32 Å². The molecule has 3 rings (SSSR count). The summed E-state index contributed by atoms with van der Waals surface area (Å²) in [6.45, 7) is 6.05. The summed E-state index contributed by atoms with van der Waals surface area (Å²) in [7, 11) is 1.40. The van der Waals surface area contributed by atoms with Crippen LogP contribution >= 0.6 is 23.6 Å². The highest BCUT2D eigenvalue weighted by Gasteiger charge is 2.35. The molecule has 0 fully saturated rings. The smallest absolute Gasteiger partial charge is 0.338 e. The van der Waals surface area contributed by atoms with Crippen LogP contribution in [-0.4, -0.2) is 18.2 Å². The average Bonchev–Trinajstić information content (AvgIpc) is 3.11. The molecule has 1 aliphatic rings. The maximum absolute atomic E-state index is 12.5. The lowest BCUT2D eigenvalue weighted by molar-refractivity contribution is -0.136. The van der Waals surface area contributed by atoms with Gasteiger partial charge in [-0.15, -0.1) is 11.3 Å². The number of hydrogen-bond donors (Lipinski definition) is 1. The monoisotopic (exact) mass is 372 g/mol. The number of carbonyl (C=O) groups excluding carboxylic acids is 1. The van der Waals surface area contributed by atoms with Crippen molar-refractivity contribution < 1.29 is 9.53 Å². The molecule has 1 aromatic heterocycles. The molecule has 1 atom stereocenters. The average molecular weight is 373 g/mol. The number of nitrogens with one attached hydrogen (secondary N) is 1. The molecule has 0 saturated carbocycles. The number of benzene rings is 1. The van der Waals surface area contributed by atoms with E-state index in [1.165, 1.54) is 18.2 Å². The molecule has 130 valence electrons. The topological polar surface area (TPSA) is 41.6 Å². The molecule has 0 aliphatic carbocycles. The first kappa shape index (κ1) is 17.6. The number of nitrogens with zero attached hydrogens (tertiary/aromatic N) is 1. The van der Waals surface area contributed by atoms with E-state index in [1.54, 1.807) is 11.3 Å². The molecule has 1 aromatic carbocycles. The number of esters is 1. The number of carbonyl (C=O) groups is 1. The lowest BCUT2D eigenvalue weighted by Gasteiger charge is -2.37. The Kier molecular flexibility index (Phi) is 4.92. The summed E-state index contributed by atoms with van der Waals surface area (Å²) >= 11 is 7.21. The van der Waals surface area contributed by atoms with Gasteiger partial charge in [0.05, 0.1) is 18.7 Å². The van der Waals surface area contributed by atoms with Crippen molar-refractivity contribution in [1.29, 1.82) is 0 Å². The summed E-state index contributed by atoms with van der Waals surface area (Å²) < 4.78 is 5.05. The second-order valence-corrected chi connectivity index (χ2v) is 7.36. The van der Waals surface area contributed by atoms with E-state index in [0.717, 1.165) is 16.3 Å². The molecule has 0 spiro atoms. The molecular formula is C19H20N2O2S2. The number of methoxy groups -OCH3 is 1. The van der Waals surface area contributed by atoms with Gasteiger partial charge in [-0.05, 0) is 67.7 Å². The van der Waals surface area contributed by atoms with Gasteiger partial charge >= 0.3 is 5.97 Å². The minimum atomic E-state index is -0.347. The van der Waals surface area contributed by atoms with Crippen LogP contribution in [0.25, 0.3) is 0 Å². The molecule has 0 radical (unpaired) electrons. The number of thiocarbonyl (C=S) groups is 1. The van der Waals surface area contributed by atoms with Gasteiger partial charge < -0.3 is 10.1 Å². The van der Waals surface area contributed by atoms with Gasteiger partial charge in [0.15, 0.2) is 5.11 Å². The molecule has 2 heterocycles. The first-order valence-corrected chi connectivity index (χ1v) is 9.23. The molecule has 1 N–H and O–H groups in total. The predicted octanol–water partition coefficient (Wildman–Crippen LogP) is 4.25. The van der Waals surface area contributed by atoms with Crippen LogP contribution in [0.2, 0.25) is 0 Å². The Bertz CT molecular complexity index is 856. The molecule has 1 aliphatic heterocycles. The molecule has 4 nitrogen and oxygen atoms in total. The van der Waals surface area contributed by atoms with E-state index in [9.17, 15) is 4.79 Å². The molecule has 25 heavy (non-hydrogen) atoms. The van der Waals surface area contributed by atoms with Gasteiger partial charge in [0, 0.05) is 16.3 Å². The number of hydrogen-bond acceptors (Lipinski definition) is 4. The van der Waals surface area contributed by atoms with Crippen LogP contribution in [0, 0.1) is 13.8 Å². The Morgan fingerprint density at radius 3 is 2.60 bits per heavy atom. The van der Waals surface area contributed by atoms with Crippen molar-refractivity contribution in [3.05, 3.63) is 63.0 Å². The molecule has 2 aromatic rings. The third-order valence-electron chi connectivity index (χ3n) is 4.47. The number of aryl methyl sites for hydroxylation is 2. The quantitative estimate of drug-likeness (QED) is 0.644. The second-order valence-electron chi connectivity index (χ2n) is 5.99. The van der Waals surface area contributed by atoms with Crippen LogP contribution in [0.1, 0.15) is 29.0 Å². The van der Waals surface area contributed by atoms with Crippen molar-refractivity contribution in [3.8, 4) is 0 Å². The third kappa shape index (κ3) is 3.19. The lowest BCUT2D eigenvalue weighted by atomic mass is 10.00. The first-order valence-electron chi connectivity index (χ1n) is 7.94. The zero-order valence-electron chi connectivity index (χ0n) is 14.6. The van der Waals surface area contributed by atoms with Gasteiger partial charge in [-0.3, -0.25) is 4.90 Å². The summed E-state index contributed by atoms with van der Waals surface area (Å²) in [4.78, 5) is 15.4. The largest absolute Gasteiger partial charge is 0.466 e. The fourth-order valence-corrected chi connectivity index (χ4v) is 4.11. The Hall–Kier alpha value is -2.18. The van der Waals surface area contributed by atoms with Gasteiger partial charge in [0.1, 0.15) is 0 Å². The number of rotatable bonds is 3. The maximum Gasteiger partial charge on any atom is 0.338 e. The number of allylic oxidation sites excluding steroid dienone is 1. The van der Waals surface area contributed by atoms with E-state index in [2.05, 4.69) is 31.3 Å². The van der Waals surface area contributed by atoms with E-state index < -0.39 is 0 Å². The van der Waals surface area contributed by atoms with Crippen LogP contribution in [0.5, 0.6) is 0 Å². The van der Waals surface area contributed by atoms with Gasteiger partial charge in [-0.1, -0.05) is 12.1 Å². The van der Waals surface area contributed by atoms with Crippen LogP contribution in [-0.2, 0) is 9.53 Å². The molecule has 0 bridgehead atoms. The minimum Gasteiger partial charge on any atom is -0.466 e. The zero-order chi connectivity index (χ0) is 18.1. The van der Waals surface area contributed by atoms with Crippen molar-refractivity contribution in [2.45, 2.75) is 26.8 Å². The van der Waals surface area contributed by atoms with E-state index in [1.807, 2.05) is 35.4 Å². The van der Waals surface area contributed by atoms with Gasteiger partial charge in [-0.25, -0.2) is 4.79 Å². The fraction of sp³-hybridized carbons (Fsp3) is 0.263. The standard InChI is InChI=1S/C19H20N2O2S2/c1-11-7-8-14(10-12(11)2)21-13(3)16(18(22)23-4)17(20-19(21)24)15-6-5-9-25-15/h5-10,17H,1-4H3,(H,20,24)/t17-/m0/s1. The molecule has 0 amide bonds.